The molecule has 0 aromatic rings. The fourth-order valence-electron chi connectivity index (χ4n) is 2.53. The fraction of sp³-hybridized carbons (Fsp3) is 0.833. The van der Waals surface area contributed by atoms with Gasteiger partial charge in [-0.25, -0.2) is 0 Å². The zero-order valence-corrected chi connectivity index (χ0v) is 12.5. The molecule has 0 radical (unpaired) electrons. The Labute approximate surface area is 123 Å². The number of carbonyl (C=O) groups excluding carboxylic acids is 2. The summed E-state index contributed by atoms with van der Waals surface area (Å²) in [5, 5.41) is 0. The van der Waals surface area contributed by atoms with E-state index in [1.807, 2.05) is 4.90 Å². The van der Waals surface area contributed by atoms with Crippen LogP contribution in [0.1, 0.15) is 19.8 Å². The van der Waals surface area contributed by atoms with Crippen LogP contribution >= 0.6 is 23.2 Å². The Bertz CT molecular complexity index is 402. The first-order valence-electron chi connectivity index (χ1n) is 6.44. The first-order chi connectivity index (χ1) is 8.76. The molecule has 0 aromatic heterocycles. The van der Waals surface area contributed by atoms with Crippen LogP contribution in [0.4, 0.5) is 0 Å². The van der Waals surface area contributed by atoms with E-state index in [0.29, 0.717) is 26.1 Å². The zero-order chi connectivity index (χ0) is 14.3. The summed E-state index contributed by atoms with van der Waals surface area (Å²) in [5.74, 6) is -0.326. The third kappa shape index (κ3) is 2.98. The van der Waals surface area contributed by atoms with Crippen LogP contribution < -0.4 is 5.73 Å². The quantitative estimate of drug-likeness (QED) is 0.776. The summed E-state index contributed by atoms with van der Waals surface area (Å²) in [6.45, 7) is 4.74. The Hall–Kier alpha value is -0.520. The molecule has 1 unspecified atom stereocenters. The molecule has 2 fully saturated rings. The maximum atomic E-state index is 12.4. The van der Waals surface area contributed by atoms with Crippen molar-refractivity contribution < 1.29 is 9.59 Å². The van der Waals surface area contributed by atoms with E-state index in [1.165, 1.54) is 0 Å². The molecule has 1 atom stereocenters. The second kappa shape index (κ2) is 5.11. The van der Waals surface area contributed by atoms with Crippen LogP contribution in [0.3, 0.4) is 0 Å². The standard InChI is InChI=1S/C12H19Cl2N3O2/c1-11(8-12(11,13)14)10(19)17-4-2-3-16(5-6-17)7-9(15)18/h2-8H2,1H3,(H2,15,18). The number of primary amides is 1. The van der Waals surface area contributed by atoms with E-state index in [0.717, 1.165) is 13.0 Å². The lowest BCUT2D eigenvalue weighted by molar-refractivity contribution is -0.136. The molecule has 108 valence electrons. The lowest BCUT2D eigenvalue weighted by atomic mass is 10.1. The average molecular weight is 308 g/mol. The van der Waals surface area contributed by atoms with Crippen LogP contribution in [0, 0.1) is 5.41 Å². The van der Waals surface area contributed by atoms with Crippen molar-refractivity contribution in [3.63, 3.8) is 0 Å². The minimum atomic E-state index is -0.927. The van der Waals surface area contributed by atoms with Gasteiger partial charge < -0.3 is 10.6 Å². The van der Waals surface area contributed by atoms with Crippen molar-refractivity contribution in [2.75, 3.05) is 32.7 Å². The number of alkyl halides is 2. The highest BCUT2D eigenvalue weighted by Gasteiger charge is 2.68. The Morgan fingerprint density at radius 2 is 1.84 bits per heavy atom. The van der Waals surface area contributed by atoms with Crippen molar-refractivity contribution in [2.45, 2.75) is 24.1 Å². The summed E-state index contributed by atoms with van der Waals surface area (Å²) < 4.78 is -0.927. The first-order valence-corrected chi connectivity index (χ1v) is 7.20. The second-order valence-electron chi connectivity index (χ2n) is 5.60. The van der Waals surface area contributed by atoms with Gasteiger partial charge in [0.2, 0.25) is 11.8 Å². The third-order valence-corrected chi connectivity index (χ3v) is 5.09. The number of rotatable bonds is 3. The Morgan fingerprint density at radius 3 is 2.37 bits per heavy atom. The van der Waals surface area contributed by atoms with E-state index >= 15 is 0 Å². The summed E-state index contributed by atoms with van der Waals surface area (Å²) >= 11 is 12.1. The van der Waals surface area contributed by atoms with Crippen LogP contribution in [-0.4, -0.2) is 58.7 Å². The van der Waals surface area contributed by atoms with Crippen molar-refractivity contribution >= 4 is 35.0 Å². The largest absolute Gasteiger partial charge is 0.369 e. The summed E-state index contributed by atoms with van der Waals surface area (Å²) in [6, 6.07) is 0. The van der Waals surface area contributed by atoms with E-state index < -0.39 is 9.75 Å². The van der Waals surface area contributed by atoms with Gasteiger partial charge in [0.25, 0.3) is 0 Å². The first kappa shape index (κ1) is 14.9. The van der Waals surface area contributed by atoms with E-state index in [-0.39, 0.29) is 18.4 Å². The summed E-state index contributed by atoms with van der Waals surface area (Å²) in [4.78, 5) is 27.1. The number of halogens is 2. The monoisotopic (exact) mass is 307 g/mol. The highest BCUT2D eigenvalue weighted by Crippen LogP contribution is 2.64. The third-order valence-electron chi connectivity index (χ3n) is 3.99. The average Bonchev–Trinajstić information content (AvgIpc) is 2.90. The van der Waals surface area contributed by atoms with Crippen LogP contribution in [0.15, 0.2) is 0 Å². The van der Waals surface area contributed by atoms with E-state index in [9.17, 15) is 9.59 Å². The molecule has 19 heavy (non-hydrogen) atoms. The van der Waals surface area contributed by atoms with E-state index in [2.05, 4.69) is 0 Å². The topological polar surface area (TPSA) is 66.6 Å². The number of hydrogen-bond donors (Lipinski definition) is 1. The molecule has 1 saturated carbocycles. The molecule has 0 bridgehead atoms. The minimum absolute atomic E-state index is 0.0124. The molecule has 0 aromatic carbocycles. The number of carbonyl (C=O) groups is 2. The van der Waals surface area contributed by atoms with Crippen molar-refractivity contribution in [3.8, 4) is 0 Å². The molecule has 5 nitrogen and oxygen atoms in total. The molecule has 2 aliphatic rings. The highest BCUT2D eigenvalue weighted by molar-refractivity contribution is 6.53. The second-order valence-corrected chi connectivity index (χ2v) is 7.09. The van der Waals surface area contributed by atoms with Crippen LogP contribution in [0.2, 0.25) is 0 Å². The minimum Gasteiger partial charge on any atom is -0.369 e. The van der Waals surface area contributed by atoms with Crippen molar-refractivity contribution in [1.29, 1.82) is 0 Å². The molecule has 1 saturated heterocycles. The van der Waals surface area contributed by atoms with Crippen LogP contribution in [-0.2, 0) is 9.59 Å². The lowest BCUT2D eigenvalue weighted by Gasteiger charge is -2.25. The smallest absolute Gasteiger partial charge is 0.231 e. The normalized spacial score (nSPS) is 30.8. The molecular weight excluding hydrogens is 289 g/mol. The van der Waals surface area contributed by atoms with Gasteiger partial charge >= 0.3 is 0 Å². The molecule has 1 heterocycles. The molecule has 2 amide bonds. The van der Waals surface area contributed by atoms with Gasteiger partial charge in [0.1, 0.15) is 4.33 Å². The SMILES string of the molecule is CC1(C(=O)N2CCCN(CC(N)=O)CC2)CC1(Cl)Cl. The van der Waals surface area contributed by atoms with Gasteiger partial charge in [0.05, 0.1) is 12.0 Å². The number of hydrogen-bond acceptors (Lipinski definition) is 3. The summed E-state index contributed by atoms with van der Waals surface area (Å²) in [5.41, 5.74) is 4.53. The van der Waals surface area contributed by atoms with Crippen LogP contribution in [0.5, 0.6) is 0 Å². The van der Waals surface area contributed by atoms with Crippen molar-refractivity contribution in [3.05, 3.63) is 0 Å². The fourth-order valence-corrected chi connectivity index (χ4v) is 3.23. The van der Waals surface area contributed by atoms with Gasteiger partial charge in [-0.1, -0.05) is 0 Å². The maximum absolute atomic E-state index is 12.4. The molecule has 7 heteroatoms. The lowest BCUT2D eigenvalue weighted by Crippen LogP contribution is -2.41. The van der Waals surface area contributed by atoms with Crippen molar-refractivity contribution in [2.24, 2.45) is 11.1 Å². The molecule has 1 aliphatic carbocycles. The maximum Gasteiger partial charge on any atom is 0.231 e. The molecule has 2 N–H and O–H groups in total. The summed E-state index contributed by atoms with van der Waals surface area (Å²) in [6.07, 6.45) is 1.33. The Kier molecular flexibility index (Phi) is 4.00. The van der Waals surface area contributed by atoms with Gasteiger partial charge in [0.15, 0.2) is 0 Å². The summed E-state index contributed by atoms with van der Waals surface area (Å²) in [7, 11) is 0. The van der Waals surface area contributed by atoms with Gasteiger partial charge in [-0.2, -0.15) is 0 Å². The number of amides is 2. The highest BCUT2D eigenvalue weighted by atomic mass is 35.5. The van der Waals surface area contributed by atoms with E-state index in [1.54, 1.807) is 11.8 Å². The van der Waals surface area contributed by atoms with E-state index in [4.69, 9.17) is 28.9 Å². The zero-order valence-electron chi connectivity index (χ0n) is 11.0. The van der Waals surface area contributed by atoms with Gasteiger partial charge in [0, 0.05) is 26.2 Å². The van der Waals surface area contributed by atoms with Gasteiger partial charge in [-0.3, -0.25) is 14.5 Å². The molecule has 2 rings (SSSR count). The Balaban J connectivity index is 1.93. The molecular formula is C12H19Cl2N3O2. The Morgan fingerprint density at radius 1 is 1.21 bits per heavy atom. The van der Waals surface area contributed by atoms with Crippen LogP contribution in [0.25, 0.3) is 0 Å². The molecule has 1 aliphatic heterocycles. The number of nitrogens with zero attached hydrogens (tertiary/aromatic N) is 2. The van der Waals surface area contributed by atoms with Crippen molar-refractivity contribution in [1.82, 2.24) is 9.80 Å². The predicted octanol–water partition coefficient (Wildman–Crippen LogP) is 0.590. The van der Waals surface area contributed by atoms with Gasteiger partial charge in [-0.05, 0) is 19.8 Å². The number of nitrogens with two attached hydrogens (primary N) is 1. The molecule has 0 spiro atoms. The van der Waals surface area contributed by atoms with Gasteiger partial charge in [-0.15, -0.1) is 23.2 Å². The predicted molar refractivity (Wildman–Crippen MR) is 74.0 cm³/mol.